The molecule has 2 aromatic carbocycles. The van der Waals surface area contributed by atoms with Gasteiger partial charge in [0.2, 0.25) is 0 Å². The number of aryl methyl sites for hydroxylation is 2. The number of para-hydroxylation sites is 1. The third kappa shape index (κ3) is 6.24. The summed E-state index contributed by atoms with van der Waals surface area (Å²) in [6.45, 7) is 4.12. The first-order chi connectivity index (χ1) is 18.0. The molecular formula is C26H24F5N5O2. The number of nitrogens with zero attached hydrogens (tertiary/aromatic N) is 4. The van der Waals surface area contributed by atoms with Gasteiger partial charge in [-0.05, 0) is 57.0 Å². The Labute approximate surface area is 215 Å². The Morgan fingerprint density at radius 2 is 1.74 bits per heavy atom. The van der Waals surface area contributed by atoms with Crippen LogP contribution in [0.25, 0.3) is 0 Å². The largest absolute Gasteiger partial charge is 0.416 e. The van der Waals surface area contributed by atoms with Crippen LogP contribution in [-0.4, -0.2) is 40.2 Å². The Morgan fingerprint density at radius 3 is 2.39 bits per heavy atom. The highest BCUT2D eigenvalue weighted by atomic mass is 19.4. The van der Waals surface area contributed by atoms with E-state index in [0.717, 1.165) is 24.3 Å². The summed E-state index contributed by atoms with van der Waals surface area (Å²) in [5.74, 6) is -1.36. The van der Waals surface area contributed by atoms with Crippen LogP contribution >= 0.6 is 0 Å². The third-order valence-electron chi connectivity index (χ3n) is 6.14. The number of piperidine rings is 1. The Hall–Kier alpha value is -4.09. The molecule has 0 atom stereocenters. The van der Waals surface area contributed by atoms with Gasteiger partial charge in [0.05, 0.1) is 23.2 Å². The fourth-order valence-corrected chi connectivity index (χ4v) is 4.25. The summed E-state index contributed by atoms with van der Waals surface area (Å²) in [5, 5.41) is 6.16. The van der Waals surface area contributed by atoms with Gasteiger partial charge in [0.25, 0.3) is 0 Å². The van der Waals surface area contributed by atoms with E-state index in [2.05, 4.69) is 20.4 Å². The van der Waals surface area contributed by atoms with Crippen LogP contribution in [0.4, 0.5) is 32.4 Å². The zero-order valence-corrected chi connectivity index (χ0v) is 20.5. The minimum atomic E-state index is -4.51. The molecule has 1 aromatic heterocycles. The smallest absolute Gasteiger partial charge is 0.357 e. The third-order valence-corrected chi connectivity index (χ3v) is 6.14. The average molecular weight is 534 g/mol. The summed E-state index contributed by atoms with van der Waals surface area (Å²) < 4.78 is 66.7. The number of halogens is 5. The molecule has 1 aliphatic heterocycles. The molecule has 12 heteroatoms. The molecule has 1 fully saturated rings. The van der Waals surface area contributed by atoms with Gasteiger partial charge >= 0.3 is 12.2 Å². The van der Waals surface area contributed by atoms with Crippen LogP contribution in [0.15, 0.2) is 47.6 Å². The average Bonchev–Trinajstić information content (AvgIpc) is 2.87. The van der Waals surface area contributed by atoms with Gasteiger partial charge in [-0.3, -0.25) is 0 Å². The van der Waals surface area contributed by atoms with Crippen molar-refractivity contribution in [3.05, 3.63) is 82.4 Å². The number of amides is 2. The molecule has 0 unspecified atom stereocenters. The van der Waals surface area contributed by atoms with E-state index in [4.69, 9.17) is 4.84 Å². The van der Waals surface area contributed by atoms with Crippen molar-refractivity contribution in [3.8, 4) is 5.75 Å². The second-order valence-corrected chi connectivity index (χ2v) is 8.79. The highest BCUT2D eigenvalue weighted by Crippen LogP contribution is 2.32. The molecule has 2 amide bonds. The maximum Gasteiger partial charge on any atom is 0.416 e. The standard InChI is InChI=1S/C26H24F5N5O2/c1-15-20(14-32-38-19-6-3-5-18(13-19)26(29,30)31)23(34-16(2)33-15)17-9-11-36(12-10-17)25(37)35-24-21(27)7-4-8-22(24)28/h3-8,13-14,17H,9-12H2,1-2H3,(H,35,37)/b32-14+. The summed E-state index contributed by atoms with van der Waals surface area (Å²) in [7, 11) is 0. The van der Waals surface area contributed by atoms with Crippen molar-refractivity contribution in [2.75, 3.05) is 18.4 Å². The van der Waals surface area contributed by atoms with E-state index in [1.54, 1.807) is 13.8 Å². The van der Waals surface area contributed by atoms with Crippen molar-refractivity contribution < 1.29 is 31.6 Å². The van der Waals surface area contributed by atoms with E-state index in [-0.39, 0.29) is 11.7 Å². The molecule has 1 saturated heterocycles. The topological polar surface area (TPSA) is 79.7 Å². The molecule has 4 rings (SSSR count). The highest BCUT2D eigenvalue weighted by Gasteiger charge is 2.31. The van der Waals surface area contributed by atoms with Crippen LogP contribution in [0.3, 0.4) is 0 Å². The second-order valence-electron chi connectivity index (χ2n) is 8.79. The monoisotopic (exact) mass is 533 g/mol. The number of hydrogen-bond acceptors (Lipinski definition) is 5. The molecule has 200 valence electrons. The molecule has 0 aliphatic carbocycles. The number of likely N-dealkylation sites (tertiary alicyclic amines) is 1. The predicted molar refractivity (Wildman–Crippen MR) is 130 cm³/mol. The Kier molecular flexibility index (Phi) is 7.88. The van der Waals surface area contributed by atoms with E-state index < -0.39 is 35.1 Å². The first-order valence-electron chi connectivity index (χ1n) is 11.8. The van der Waals surface area contributed by atoms with Gasteiger partial charge in [-0.2, -0.15) is 13.2 Å². The quantitative estimate of drug-likeness (QED) is 0.240. The number of urea groups is 1. The number of nitrogens with one attached hydrogen (secondary N) is 1. The fourth-order valence-electron chi connectivity index (χ4n) is 4.25. The van der Waals surface area contributed by atoms with Crippen LogP contribution < -0.4 is 10.2 Å². The summed E-state index contributed by atoms with van der Waals surface area (Å²) in [5.41, 5.74) is 0.500. The highest BCUT2D eigenvalue weighted by molar-refractivity contribution is 5.89. The van der Waals surface area contributed by atoms with Gasteiger partial charge in [0.1, 0.15) is 23.1 Å². The van der Waals surface area contributed by atoms with Crippen LogP contribution in [0.2, 0.25) is 0 Å². The number of benzene rings is 2. The number of carbonyl (C=O) groups is 1. The van der Waals surface area contributed by atoms with E-state index in [0.29, 0.717) is 48.7 Å². The lowest BCUT2D eigenvalue weighted by atomic mass is 9.90. The molecular weight excluding hydrogens is 509 g/mol. The normalized spacial score (nSPS) is 14.7. The molecule has 0 saturated carbocycles. The van der Waals surface area contributed by atoms with Crippen LogP contribution in [0, 0.1) is 25.5 Å². The minimum absolute atomic E-state index is 0.0751. The summed E-state index contributed by atoms with van der Waals surface area (Å²) >= 11 is 0. The Balaban J connectivity index is 1.46. The summed E-state index contributed by atoms with van der Waals surface area (Å²) in [6, 6.07) is 7.09. The zero-order chi connectivity index (χ0) is 27.4. The number of carbonyl (C=O) groups excluding carboxylic acids is 1. The summed E-state index contributed by atoms with van der Waals surface area (Å²) in [6.07, 6.45) is -2.12. The van der Waals surface area contributed by atoms with Gasteiger partial charge in [0.15, 0.2) is 5.75 Å². The molecule has 2 heterocycles. The van der Waals surface area contributed by atoms with E-state index in [9.17, 15) is 26.7 Å². The SMILES string of the molecule is Cc1nc(C)c(/C=N/Oc2cccc(C(F)(F)F)c2)c(C2CCN(C(=O)Nc3c(F)cccc3F)CC2)n1. The van der Waals surface area contributed by atoms with Crippen LogP contribution in [-0.2, 0) is 6.18 Å². The van der Waals surface area contributed by atoms with Crippen LogP contribution in [0.1, 0.15) is 47.1 Å². The van der Waals surface area contributed by atoms with E-state index in [1.165, 1.54) is 29.3 Å². The Bertz CT molecular complexity index is 1330. The number of alkyl halides is 3. The number of anilines is 1. The van der Waals surface area contributed by atoms with Crippen molar-refractivity contribution in [2.24, 2.45) is 5.16 Å². The van der Waals surface area contributed by atoms with E-state index >= 15 is 0 Å². The second kappa shape index (κ2) is 11.1. The van der Waals surface area contributed by atoms with Gasteiger partial charge in [-0.1, -0.05) is 17.3 Å². The maximum absolute atomic E-state index is 13.9. The summed E-state index contributed by atoms with van der Waals surface area (Å²) in [4.78, 5) is 28.2. The molecule has 1 N–H and O–H groups in total. The maximum atomic E-state index is 13.9. The van der Waals surface area contributed by atoms with Crippen molar-refractivity contribution in [3.63, 3.8) is 0 Å². The van der Waals surface area contributed by atoms with Crippen molar-refractivity contribution in [2.45, 2.75) is 38.8 Å². The molecule has 3 aromatic rings. The van der Waals surface area contributed by atoms with Gasteiger partial charge < -0.3 is 15.1 Å². The number of oxime groups is 1. The lowest BCUT2D eigenvalue weighted by Crippen LogP contribution is -2.41. The van der Waals surface area contributed by atoms with Crippen LogP contribution in [0.5, 0.6) is 5.75 Å². The lowest BCUT2D eigenvalue weighted by Gasteiger charge is -2.32. The number of hydrogen-bond donors (Lipinski definition) is 1. The number of rotatable bonds is 5. The minimum Gasteiger partial charge on any atom is -0.357 e. The Morgan fingerprint density at radius 1 is 1.08 bits per heavy atom. The molecule has 0 spiro atoms. The first kappa shape index (κ1) is 27.0. The zero-order valence-electron chi connectivity index (χ0n) is 20.5. The van der Waals surface area contributed by atoms with Crippen molar-refractivity contribution >= 4 is 17.9 Å². The lowest BCUT2D eigenvalue weighted by molar-refractivity contribution is -0.137. The van der Waals surface area contributed by atoms with E-state index in [1.807, 2.05) is 0 Å². The molecule has 1 aliphatic rings. The fraction of sp³-hybridized carbons (Fsp3) is 0.308. The van der Waals surface area contributed by atoms with Gasteiger partial charge in [0, 0.05) is 24.6 Å². The predicted octanol–water partition coefficient (Wildman–Crippen LogP) is 6.21. The van der Waals surface area contributed by atoms with Crippen molar-refractivity contribution in [1.82, 2.24) is 14.9 Å². The molecule has 0 radical (unpaired) electrons. The molecule has 38 heavy (non-hydrogen) atoms. The molecule has 7 nitrogen and oxygen atoms in total. The number of aromatic nitrogens is 2. The molecule has 0 bridgehead atoms. The first-order valence-corrected chi connectivity index (χ1v) is 11.8. The van der Waals surface area contributed by atoms with Gasteiger partial charge in [-0.25, -0.2) is 23.5 Å². The van der Waals surface area contributed by atoms with Crippen molar-refractivity contribution in [1.29, 1.82) is 0 Å². The van der Waals surface area contributed by atoms with Gasteiger partial charge in [-0.15, -0.1) is 0 Å².